The summed E-state index contributed by atoms with van der Waals surface area (Å²) in [6.07, 6.45) is 0. The second-order valence-corrected chi connectivity index (χ2v) is 6.89. The Labute approximate surface area is 160 Å². The first kappa shape index (κ1) is 17.4. The Kier molecular flexibility index (Phi) is 4.04. The quantitative estimate of drug-likeness (QED) is 0.788. The number of imide groups is 1. The number of nitrogens with one attached hydrogen (secondary N) is 2. The fourth-order valence-electron chi connectivity index (χ4n) is 3.56. The van der Waals surface area contributed by atoms with Crippen LogP contribution in [0, 0.1) is 0 Å². The topological polar surface area (TPSA) is 87.7 Å². The monoisotopic (exact) mass is 385 g/mol. The molecule has 0 spiro atoms. The number of methoxy groups -OCH3 is 1. The molecule has 2 aromatic carbocycles. The predicted octanol–water partition coefficient (Wildman–Crippen LogP) is 2.04. The van der Waals surface area contributed by atoms with Gasteiger partial charge in [0.05, 0.1) is 18.7 Å². The molecule has 2 aliphatic heterocycles. The summed E-state index contributed by atoms with van der Waals surface area (Å²) >= 11 is 6.14. The summed E-state index contributed by atoms with van der Waals surface area (Å²) in [5.74, 6) is -0.258. The van der Waals surface area contributed by atoms with Crippen molar-refractivity contribution in [2.45, 2.75) is 12.1 Å². The van der Waals surface area contributed by atoms with E-state index in [1.54, 1.807) is 36.4 Å². The number of urea groups is 1. The highest BCUT2D eigenvalue weighted by Crippen LogP contribution is 2.35. The highest BCUT2D eigenvalue weighted by molar-refractivity contribution is 6.32. The number of benzene rings is 2. The number of hydrogen-bond acceptors (Lipinski definition) is 4. The maximum atomic E-state index is 12.9. The van der Waals surface area contributed by atoms with Crippen molar-refractivity contribution in [2.75, 3.05) is 13.7 Å². The largest absolute Gasteiger partial charge is 0.495 e. The summed E-state index contributed by atoms with van der Waals surface area (Å²) in [5.41, 5.74) is 0.486. The molecule has 1 fully saturated rings. The zero-order valence-electron chi connectivity index (χ0n) is 14.4. The summed E-state index contributed by atoms with van der Waals surface area (Å²) in [6, 6.07) is 11.6. The van der Waals surface area contributed by atoms with Crippen LogP contribution in [0.25, 0.3) is 0 Å². The lowest BCUT2D eigenvalue weighted by Crippen LogP contribution is -2.52. The molecule has 2 N–H and O–H groups in total. The molecule has 7 nitrogen and oxygen atoms in total. The van der Waals surface area contributed by atoms with Crippen LogP contribution in [0.3, 0.4) is 0 Å². The third kappa shape index (κ3) is 2.71. The Bertz CT molecular complexity index is 963. The predicted molar refractivity (Wildman–Crippen MR) is 97.5 cm³/mol. The van der Waals surface area contributed by atoms with Crippen LogP contribution in [0.15, 0.2) is 42.5 Å². The van der Waals surface area contributed by atoms with Gasteiger partial charge in [0.15, 0.2) is 5.54 Å². The van der Waals surface area contributed by atoms with E-state index in [1.165, 1.54) is 12.0 Å². The van der Waals surface area contributed by atoms with E-state index < -0.39 is 17.5 Å². The number of amides is 4. The number of halogens is 1. The molecule has 0 bridgehead atoms. The van der Waals surface area contributed by atoms with E-state index in [0.29, 0.717) is 28.4 Å². The molecule has 1 saturated heterocycles. The maximum Gasteiger partial charge on any atom is 0.322 e. The highest BCUT2D eigenvalue weighted by atomic mass is 35.5. The van der Waals surface area contributed by atoms with Crippen LogP contribution in [0.1, 0.15) is 21.5 Å². The normalized spacial score (nSPS) is 21.1. The Morgan fingerprint density at radius 1 is 1.19 bits per heavy atom. The first-order valence-corrected chi connectivity index (χ1v) is 8.67. The number of fused-ring (bicyclic) bond motifs is 1. The van der Waals surface area contributed by atoms with Gasteiger partial charge in [-0.15, -0.1) is 0 Å². The minimum Gasteiger partial charge on any atom is -0.495 e. The molecule has 4 amide bonds. The molecule has 4 rings (SSSR count). The fourth-order valence-corrected chi connectivity index (χ4v) is 3.80. The zero-order chi connectivity index (χ0) is 19.2. The molecule has 2 heterocycles. The zero-order valence-corrected chi connectivity index (χ0v) is 15.2. The van der Waals surface area contributed by atoms with Gasteiger partial charge < -0.3 is 15.0 Å². The molecule has 1 atom stereocenters. The number of ether oxygens (including phenoxy) is 1. The van der Waals surface area contributed by atoms with E-state index in [0.717, 1.165) is 5.56 Å². The van der Waals surface area contributed by atoms with Gasteiger partial charge in [0.25, 0.3) is 11.8 Å². The Morgan fingerprint density at radius 3 is 2.56 bits per heavy atom. The summed E-state index contributed by atoms with van der Waals surface area (Å²) in [7, 11) is 1.50. The molecule has 1 unspecified atom stereocenters. The Hall–Kier alpha value is -3.06. The molecule has 0 aliphatic carbocycles. The van der Waals surface area contributed by atoms with Crippen molar-refractivity contribution in [2.24, 2.45) is 0 Å². The van der Waals surface area contributed by atoms with Gasteiger partial charge in [-0.2, -0.15) is 0 Å². The molecule has 8 heteroatoms. The summed E-state index contributed by atoms with van der Waals surface area (Å²) in [4.78, 5) is 38.9. The van der Waals surface area contributed by atoms with Crippen LogP contribution in [0.4, 0.5) is 4.79 Å². The summed E-state index contributed by atoms with van der Waals surface area (Å²) in [5, 5.41) is 5.32. The lowest BCUT2D eigenvalue weighted by atomic mass is 9.89. The van der Waals surface area contributed by atoms with Crippen molar-refractivity contribution in [3.05, 3.63) is 64.2 Å². The highest BCUT2D eigenvalue weighted by Gasteiger charge is 2.50. The fraction of sp³-hybridized carbons (Fsp3) is 0.211. The van der Waals surface area contributed by atoms with Crippen molar-refractivity contribution < 1.29 is 19.1 Å². The standard InChI is InChI=1S/C19H16ClN3O4/c1-27-15-7-11-9-23(16(24)13(11)8-14(15)20)10-19(12-5-3-2-4-6-12)17(25)21-18(26)22-19/h2-8H,9-10H2,1H3,(H2,21,22,25,26). The number of hydrogen-bond donors (Lipinski definition) is 2. The van der Waals surface area contributed by atoms with Crippen LogP contribution in [0.2, 0.25) is 5.02 Å². The van der Waals surface area contributed by atoms with Gasteiger partial charge >= 0.3 is 6.03 Å². The third-order valence-corrected chi connectivity index (χ3v) is 5.19. The lowest BCUT2D eigenvalue weighted by Gasteiger charge is -2.31. The van der Waals surface area contributed by atoms with Crippen LogP contribution in [-0.2, 0) is 16.9 Å². The average molecular weight is 386 g/mol. The Balaban J connectivity index is 1.70. The number of rotatable bonds is 4. The van der Waals surface area contributed by atoms with Gasteiger partial charge in [-0.1, -0.05) is 41.9 Å². The average Bonchev–Trinajstić information content (AvgIpc) is 3.12. The second kappa shape index (κ2) is 6.28. The first-order chi connectivity index (χ1) is 12.9. The van der Waals surface area contributed by atoms with E-state index in [4.69, 9.17) is 16.3 Å². The molecule has 2 aromatic rings. The van der Waals surface area contributed by atoms with Gasteiger partial charge in [-0.05, 0) is 23.3 Å². The van der Waals surface area contributed by atoms with Crippen LogP contribution in [0.5, 0.6) is 5.75 Å². The minimum absolute atomic E-state index is 0.00202. The van der Waals surface area contributed by atoms with E-state index in [2.05, 4.69) is 10.6 Å². The molecule has 0 aromatic heterocycles. The molecular weight excluding hydrogens is 370 g/mol. The molecular formula is C19H16ClN3O4. The van der Waals surface area contributed by atoms with E-state index in [-0.39, 0.29) is 12.5 Å². The number of nitrogens with zero attached hydrogens (tertiary/aromatic N) is 1. The van der Waals surface area contributed by atoms with Gasteiger partial charge in [0.2, 0.25) is 0 Å². The van der Waals surface area contributed by atoms with Gasteiger partial charge in [0, 0.05) is 12.1 Å². The van der Waals surface area contributed by atoms with Gasteiger partial charge in [-0.25, -0.2) is 4.79 Å². The Morgan fingerprint density at radius 2 is 1.93 bits per heavy atom. The van der Waals surface area contributed by atoms with Crippen molar-refractivity contribution in [1.82, 2.24) is 15.5 Å². The van der Waals surface area contributed by atoms with E-state index in [9.17, 15) is 14.4 Å². The van der Waals surface area contributed by atoms with Crippen molar-refractivity contribution >= 4 is 29.4 Å². The van der Waals surface area contributed by atoms with Crippen LogP contribution < -0.4 is 15.4 Å². The SMILES string of the molecule is COc1cc2c(cc1Cl)C(=O)N(CC1(c3ccccc3)NC(=O)NC1=O)C2. The van der Waals surface area contributed by atoms with Gasteiger partial charge in [-0.3, -0.25) is 14.9 Å². The van der Waals surface area contributed by atoms with Crippen molar-refractivity contribution in [1.29, 1.82) is 0 Å². The van der Waals surface area contributed by atoms with Crippen LogP contribution in [-0.4, -0.2) is 36.4 Å². The molecule has 2 aliphatic rings. The minimum atomic E-state index is -1.34. The van der Waals surface area contributed by atoms with Crippen molar-refractivity contribution in [3.8, 4) is 5.75 Å². The number of carbonyl (C=O) groups is 3. The molecule has 0 radical (unpaired) electrons. The molecule has 0 saturated carbocycles. The summed E-state index contributed by atoms with van der Waals surface area (Å²) in [6.45, 7) is 0.293. The van der Waals surface area contributed by atoms with E-state index >= 15 is 0 Å². The first-order valence-electron chi connectivity index (χ1n) is 8.29. The molecule has 27 heavy (non-hydrogen) atoms. The second-order valence-electron chi connectivity index (χ2n) is 6.48. The van der Waals surface area contributed by atoms with Crippen LogP contribution >= 0.6 is 11.6 Å². The number of carbonyl (C=O) groups excluding carboxylic acids is 3. The molecule has 138 valence electrons. The van der Waals surface area contributed by atoms with E-state index in [1.807, 2.05) is 6.07 Å². The smallest absolute Gasteiger partial charge is 0.322 e. The lowest BCUT2D eigenvalue weighted by molar-refractivity contribution is -0.124. The van der Waals surface area contributed by atoms with Gasteiger partial charge in [0.1, 0.15) is 5.75 Å². The maximum absolute atomic E-state index is 12.9. The van der Waals surface area contributed by atoms with Crippen molar-refractivity contribution in [3.63, 3.8) is 0 Å². The summed E-state index contributed by atoms with van der Waals surface area (Å²) < 4.78 is 5.21. The third-order valence-electron chi connectivity index (χ3n) is 4.89.